The van der Waals surface area contributed by atoms with Gasteiger partial charge in [-0.25, -0.2) is 9.97 Å². The van der Waals surface area contributed by atoms with E-state index in [2.05, 4.69) is 58.4 Å². The average Bonchev–Trinajstić information content (AvgIpc) is 2.79. The monoisotopic (exact) mass is 422 g/mol. The summed E-state index contributed by atoms with van der Waals surface area (Å²) < 4.78 is 17.5. The van der Waals surface area contributed by atoms with Gasteiger partial charge < -0.3 is 24.4 Å². The molecule has 31 heavy (non-hydrogen) atoms. The number of morpholine rings is 1. The van der Waals surface area contributed by atoms with Crippen molar-refractivity contribution in [2.75, 3.05) is 45.8 Å². The van der Waals surface area contributed by atoms with Gasteiger partial charge in [-0.05, 0) is 37.2 Å². The fraction of sp³-hybridized carbons (Fsp3) is 0.417. The van der Waals surface area contributed by atoms with Crippen LogP contribution in [0.3, 0.4) is 0 Å². The van der Waals surface area contributed by atoms with E-state index < -0.39 is 0 Å². The standard InChI is InChI=1S/C24H30N4O3/c1-4-5-17-6-8-18(9-7-17)27-24-20-12-22(29-3)23(13-21(20)25-16-26-24)31-15-19-14-28(2)10-11-30-19/h6-9,12-13,16,19H,4-5,10-11,14-15H2,1-3H3,(H,25,26,27). The highest BCUT2D eigenvalue weighted by Gasteiger charge is 2.19. The van der Waals surface area contributed by atoms with E-state index >= 15 is 0 Å². The van der Waals surface area contributed by atoms with Crippen LogP contribution in [0.2, 0.25) is 0 Å². The molecule has 0 aliphatic carbocycles. The Morgan fingerprint density at radius 3 is 2.74 bits per heavy atom. The molecule has 4 rings (SSSR count). The topological polar surface area (TPSA) is 68.7 Å². The zero-order chi connectivity index (χ0) is 21.6. The van der Waals surface area contributed by atoms with Gasteiger partial charge in [-0.15, -0.1) is 0 Å². The lowest BCUT2D eigenvalue weighted by molar-refractivity contribution is -0.0406. The van der Waals surface area contributed by atoms with Gasteiger partial charge in [-0.3, -0.25) is 0 Å². The Morgan fingerprint density at radius 2 is 2.00 bits per heavy atom. The zero-order valence-corrected chi connectivity index (χ0v) is 18.4. The summed E-state index contributed by atoms with van der Waals surface area (Å²) in [5, 5.41) is 4.28. The maximum Gasteiger partial charge on any atom is 0.163 e. The van der Waals surface area contributed by atoms with Crippen molar-refractivity contribution in [2.24, 2.45) is 0 Å². The Bertz CT molecular complexity index is 1010. The quantitative estimate of drug-likeness (QED) is 0.587. The van der Waals surface area contributed by atoms with Gasteiger partial charge in [0.15, 0.2) is 11.5 Å². The Kier molecular flexibility index (Phi) is 6.84. The Labute approximate surface area is 183 Å². The highest BCUT2D eigenvalue weighted by molar-refractivity contribution is 5.93. The molecule has 1 aliphatic rings. The highest BCUT2D eigenvalue weighted by Crippen LogP contribution is 2.35. The third kappa shape index (κ3) is 5.24. The SMILES string of the molecule is CCCc1ccc(Nc2ncnc3cc(OCC4CN(C)CCO4)c(OC)cc23)cc1. The number of ether oxygens (including phenoxy) is 3. The summed E-state index contributed by atoms with van der Waals surface area (Å²) in [6.07, 6.45) is 3.82. The van der Waals surface area contributed by atoms with Crippen molar-refractivity contribution in [1.29, 1.82) is 0 Å². The first kappa shape index (κ1) is 21.3. The maximum absolute atomic E-state index is 6.06. The Morgan fingerprint density at radius 1 is 1.16 bits per heavy atom. The predicted molar refractivity (Wildman–Crippen MR) is 123 cm³/mol. The molecule has 0 spiro atoms. The van der Waals surface area contributed by atoms with Gasteiger partial charge in [-0.1, -0.05) is 25.5 Å². The lowest BCUT2D eigenvalue weighted by atomic mass is 10.1. The molecule has 1 fully saturated rings. The summed E-state index contributed by atoms with van der Waals surface area (Å²) in [5.41, 5.74) is 3.10. The molecule has 1 unspecified atom stereocenters. The molecule has 0 radical (unpaired) electrons. The Balaban J connectivity index is 1.54. The summed E-state index contributed by atoms with van der Waals surface area (Å²) in [5.74, 6) is 2.03. The molecule has 0 bridgehead atoms. The number of likely N-dealkylation sites (N-methyl/N-ethyl adjacent to an activating group) is 1. The molecule has 7 nitrogen and oxygen atoms in total. The molecule has 0 saturated carbocycles. The smallest absolute Gasteiger partial charge is 0.163 e. The fourth-order valence-electron chi connectivity index (χ4n) is 3.77. The van der Waals surface area contributed by atoms with Gasteiger partial charge in [0.25, 0.3) is 0 Å². The minimum absolute atomic E-state index is 0.0393. The molecule has 2 heterocycles. The predicted octanol–water partition coefficient (Wildman–Crippen LogP) is 4.04. The van der Waals surface area contributed by atoms with E-state index in [1.165, 1.54) is 5.56 Å². The molecule has 2 aromatic carbocycles. The van der Waals surface area contributed by atoms with E-state index in [-0.39, 0.29) is 6.10 Å². The number of benzene rings is 2. The highest BCUT2D eigenvalue weighted by atomic mass is 16.5. The van der Waals surface area contributed by atoms with Crippen molar-refractivity contribution >= 4 is 22.4 Å². The number of rotatable bonds is 8. The van der Waals surface area contributed by atoms with Crippen LogP contribution in [0.1, 0.15) is 18.9 Å². The van der Waals surface area contributed by atoms with Crippen LogP contribution in [0.4, 0.5) is 11.5 Å². The van der Waals surface area contributed by atoms with Crippen molar-refractivity contribution in [3.63, 3.8) is 0 Å². The van der Waals surface area contributed by atoms with E-state index in [0.29, 0.717) is 18.1 Å². The van der Waals surface area contributed by atoms with Crippen LogP contribution in [0.25, 0.3) is 10.9 Å². The zero-order valence-electron chi connectivity index (χ0n) is 18.4. The van der Waals surface area contributed by atoms with Crippen LogP contribution >= 0.6 is 0 Å². The van der Waals surface area contributed by atoms with Crippen LogP contribution in [0.15, 0.2) is 42.7 Å². The third-order valence-electron chi connectivity index (χ3n) is 5.44. The Hall–Kier alpha value is -2.90. The van der Waals surface area contributed by atoms with Gasteiger partial charge in [-0.2, -0.15) is 0 Å². The van der Waals surface area contributed by atoms with Crippen molar-refractivity contribution in [3.8, 4) is 11.5 Å². The normalized spacial score (nSPS) is 16.9. The number of nitrogens with zero attached hydrogens (tertiary/aromatic N) is 3. The second kappa shape index (κ2) is 9.94. The van der Waals surface area contributed by atoms with Gasteiger partial charge in [0.2, 0.25) is 0 Å². The largest absolute Gasteiger partial charge is 0.493 e. The molecule has 1 atom stereocenters. The number of aromatic nitrogens is 2. The van der Waals surface area contributed by atoms with Crippen molar-refractivity contribution in [3.05, 3.63) is 48.3 Å². The first-order valence-corrected chi connectivity index (χ1v) is 10.8. The molecule has 3 aromatic rings. The van der Waals surface area contributed by atoms with Gasteiger partial charge >= 0.3 is 0 Å². The van der Waals surface area contributed by atoms with Crippen LogP contribution in [-0.4, -0.2) is 61.4 Å². The summed E-state index contributed by atoms with van der Waals surface area (Å²) in [4.78, 5) is 11.1. The van der Waals surface area contributed by atoms with Crippen LogP contribution in [0.5, 0.6) is 11.5 Å². The molecule has 0 amide bonds. The molecular formula is C24H30N4O3. The van der Waals surface area contributed by atoms with E-state index in [4.69, 9.17) is 14.2 Å². The first-order chi connectivity index (χ1) is 15.2. The van der Waals surface area contributed by atoms with Crippen LogP contribution in [-0.2, 0) is 11.2 Å². The number of aryl methyl sites for hydroxylation is 1. The van der Waals surface area contributed by atoms with Crippen molar-refractivity contribution < 1.29 is 14.2 Å². The van der Waals surface area contributed by atoms with E-state index in [0.717, 1.165) is 54.9 Å². The number of hydrogen-bond acceptors (Lipinski definition) is 7. The first-order valence-electron chi connectivity index (χ1n) is 10.8. The van der Waals surface area contributed by atoms with Crippen LogP contribution < -0.4 is 14.8 Å². The number of methoxy groups -OCH3 is 1. The summed E-state index contributed by atoms with van der Waals surface area (Å²) >= 11 is 0. The fourth-order valence-corrected chi connectivity index (χ4v) is 3.77. The van der Waals surface area contributed by atoms with Gasteiger partial charge in [0.1, 0.15) is 24.9 Å². The lowest BCUT2D eigenvalue weighted by Crippen LogP contribution is -2.42. The van der Waals surface area contributed by atoms with Crippen molar-refractivity contribution in [1.82, 2.24) is 14.9 Å². The molecule has 1 saturated heterocycles. The van der Waals surface area contributed by atoms with Gasteiger partial charge in [0.05, 0.1) is 19.2 Å². The molecule has 1 aliphatic heterocycles. The van der Waals surface area contributed by atoms with E-state index in [1.807, 2.05) is 12.1 Å². The van der Waals surface area contributed by atoms with Crippen molar-refractivity contribution in [2.45, 2.75) is 25.9 Å². The maximum atomic E-state index is 6.06. The second-order valence-electron chi connectivity index (χ2n) is 7.88. The summed E-state index contributed by atoms with van der Waals surface area (Å²) in [7, 11) is 3.73. The van der Waals surface area contributed by atoms with E-state index in [1.54, 1.807) is 13.4 Å². The summed E-state index contributed by atoms with van der Waals surface area (Å²) in [6, 6.07) is 12.3. The minimum Gasteiger partial charge on any atom is -0.493 e. The van der Waals surface area contributed by atoms with Gasteiger partial charge in [0, 0.05) is 30.2 Å². The summed E-state index contributed by atoms with van der Waals surface area (Å²) in [6.45, 7) is 5.17. The number of anilines is 2. The number of fused-ring (bicyclic) bond motifs is 1. The number of hydrogen-bond donors (Lipinski definition) is 1. The molecular weight excluding hydrogens is 392 g/mol. The molecule has 1 N–H and O–H groups in total. The number of nitrogens with one attached hydrogen (secondary N) is 1. The molecule has 164 valence electrons. The second-order valence-corrected chi connectivity index (χ2v) is 7.88. The van der Waals surface area contributed by atoms with E-state index in [9.17, 15) is 0 Å². The molecule has 7 heteroatoms. The lowest BCUT2D eigenvalue weighted by Gasteiger charge is -2.30. The molecule has 1 aromatic heterocycles. The third-order valence-corrected chi connectivity index (χ3v) is 5.44. The average molecular weight is 423 g/mol. The van der Waals surface area contributed by atoms with Crippen LogP contribution in [0, 0.1) is 0 Å². The minimum atomic E-state index is 0.0393.